The molecule has 23 heavy (non-hydrogen) atoms. The predicted octanol–water partition coefficient (Wildman–Crippen LogP) is 3.01. The van der Waals surface area contributed by atoms with Crippen molar-refractivity contribution in [1.29, 1.82) is 5.26 Å². The van der Waals surface area contributed by atoms with E-state index in [1.54, 1.807) is 31.4 Å². The number of hydrogen-bond donors (Lipinski definition) is 0. The lowest BCUT2D eigenvalue weighted by molar-refractivity contribution is -0.129. The summed E-state index contributed by atoms with van der Waals surface area (Å²) in [5.41, 5.74) is 0.851. The van der Waals surface area contributed by atoms with Crippen LogP contribution in [0.25, 0.3) is 6.08 Å². The van der Waals surface area contributed by atoms with Crippen molar-refractivity contribution in [1.82, 2.24) is 4.90 Å². The zero-order chi connectivity index (χ0) is 16.7. The second-order valence-corrected chi connectivity index (χ2v) is 5.57. The standard InChI is InChI=1S/C18H22N2O3/c1-14-5-3-4-11-20(14)18(21)9-7-15-6-8-16(23-12-10-19)17(13-15)22-2/h6-9,13-14H,3-5,11-12H2,1-2H3/b9-7+. The van der Waals surface area contributed by atoms with Crippen LogP contribution in [0.15, 0.2) is 24.3 Å². The van der Waals surface area contributed by atoms with Crippen LogP contribution in [0.1, 0.15) is 31.7 Å². The van der Waals surface area contributed by atoms with Crippen LogP contribution < -0.4 is 9.47 Å². The van der Waals surface area contributed by atoms with E-state index < -0.39 is 0 Å². The average molecular weight is 314 g/mol. The Kier molecular flexibility index (Phi) is 6.04. The topological polar surface area (TPSA) is 62.6 Å². The van der Waals surface area contributed by atoms with E-state index in [2.05, 4.69) is 6.92 Å². The molecule has 0 spiro atoms. The van der Waals surface area contributed by atoms with Crippen LogP contribution in [-0.4, -0.2) is 37.1 Å². The first-order valence-corrected chi connectivity index (χ1v) is 7.82. The van der Waals surface area contributed by atoms with Crippen molar-refractivity contribution >= 4 is 12.0 Å². The number of nitrogens with zero attached hydrogens (tertiary/aromatic N) is 2. The van der Waals surface area contributed by atoms with Crippen molar-refractivity contribution in [3.05, 3.63) is 29.8 Å². The number of hydrogen-bond acceptors (Lipinski definition) is 4. The van der Waals surface area contributed by atoms with Crippen LogP contribution in [0.3, 0.4) is 0 Å². The Morgan fingerprint density at radius 1 is 1.43 bits per heavy atom. The molecule has 0 radical (unpaired) electrons. The van der Waals surface area contributed by atoms with Crippen LogP contribution >= 0.6 is 0 Å². The number of amides is 1. The first kappa shape index (κ1) is 16.9. The lowest BCUT2D eigenvalue weighted by Crippen LogP contribution is -2.41. The van der Waals surface area contributed by atoms with Gasteiger partial charge in [0.05, 0.1) is 7.11 Å². The molecule has 1 amide bonds. The molecule has 5 heteroatoms. The number of carbonyl (C=O) groups excluding carboxylic acids is 1. The molecule has 1 aliphatic rings. The molecule has 1 aromatic carbocycles. The van der Waals surface area contributed by atoms with E-state index in [0.717, 1.165) is 24.9 Å². The molecular formula is C18H22N2O3. The van der Waals surface area contributed by atoms with Gasteiger partial charge in [0.2, 0.25) is 5.91 Å². The molecule has 1 fully saturated rings. The fraction of sp³-hybridized carbons (Fsp3) is 0.444. The molecule has 0 aliphatic carbocycles. The quantitative estimate of drug-likeness (QED) is 0.784. The maximum absolute atomic E-state index is 12.3. The highest BCUT2D eigenvalue weighted by molar-refractivity contribution is 5.92. The smallest absolute Gasteiger partial charge is 0.246 e. The van der Waals surface area contributed by atoms with Crippen LogP contribution in [0.4, 0.5) is 0 Å². The van der Waals surface area contributed by atoms with Crippen LogP contribution in [-0.2, 0) is 4.79 Å². The Labute approximate surface area is 137 Å². The monoisotopic (exact) mass is 314 g/mol. The zero-order valence-electron chi connectivity index (χ0n) is 13.6. The van der Waals surface area contributed by atoms with Gasteiger partial charge in [-0.25, -0.2) is 0 Å². The molecule has 0 bridgehead atoms. The summed E-state index contributed by atoms with van der Waals surface area (Å²) in [6.45, 7) is 2.89. The van der Waals surface area contributed by atoms with Gasteiger partial charge in [0.1, 0.15) is 6.07 Å². The first-order chi connectivity index (χ1) is 11.2. The summed E-state index contributed by atoms with van der Waals surface area (Å²) >= 11 is 0. The van der Waals surface area contributed by atoms with Gasteiger partial charge in [-0.15, -0.1) is 0 Å². The molecule has 0 aromatic heterocycles. The van der Waals surface area contributed by atoms with E-state index in [-0.39, 0.29) is 12.5 Å². The highest BCUT2D eigenvalue weighted by Crippen LogP contribution is 2.28. The van der Waals surface area contributed by atoms with E-state index in [4.69, 9.17) is 14.7 Å². The van der Waals surface area contributed by atoms with Crippen LogP contribution in [0, 0.1) is 11.3 Å². The third-order valence-corrected chi connectivity index (χ3v) is 3.98. The summed E-state index contributed by atoms with van der Waals surface area (Å²) in [5.74, 6) is 1.10. The van der Waals surface area contributed by atoms with E-state index in [9.17, 15) is 4.79 Å². The Hall–Kier alpha value is -2.48. The molecule has 0 N–H and O–H groups in total. The number of rotatable bonds is 5. The van der Waals surface area contributed by atoms with Crippen molar-refractivity contribution in [2.45, 2.75) is 32.2 Å². The summed E-state index contributed by atoms with van der Waals surface area (Å²) < 4.78 is 10.5. The first-order valence-electron chi connectivity index (χ1n) is 7.82. The Balaban J connectivity index is 2.07. The molecule has 2 rings (SSSR count). The molecule has 122 valence electrons. The number of piperidine rings is 1. The van der Waals surface area contributed by atoms with Gasteiger partial charge in [-0.05, 0) is 50.0 Å². The number of carbonyl (C=O) groups is 1. The maximum Gasteiger partial charge on any atom is 0.246 e. The lowest BCUT2D eigenvalue weighted by atomic mass is 10.0. The highest BCUT2D eigenvalue weighted by Gasteiger charge is 2.21. The zero-order valence-corrected chi connectivity index (χ0v) is 13.6. The molecule has 1 atom stereocenters. The SMILES string of the molecule is COc1cc(/C=C/C(=O)N2CCCCC2C)ccc1OCC#N. The molecule has 5 nitrogen and oxygen atoms in total. The van der Waals surface area contributed by atoms with Gasteiger partial charge in [0, 0.05) is 18.7 Å². The van der Waals surface area contributed by atoms with Gasteiger partial charge in [-0.2, -0.15) is 5.26 Å². The highest BCUT2D eigenvalue weighted by atomic mass is 16.5. The molecular weight excluding hydrogens is 292 g/mol. The Morgan fingerprint density at radius 3 is 2.96 bits per heavy atom. The normalized spacial score (nSPS) is 17.8. The minimum atomic E-state index is -0.0309. The van der Waals surface area contributed by atoms with Crippen molar-refractivity contribution in [3.8, 4) is 17.6 Å². The fourth-order valence-electron chi connectivity index (χ4n) is 2.71. The summed E-state index contributed by atoms with van der Waals surface area (Å²) in [6.07, 6.45) is 6.71. The van der Waals surface area contributed by atoms with Crippen LogP contribution in [0.2, 0.25) is 0 Å². The Morgan fingerprint density at radius 2 is 2.26 bits per heavy atom. The summed E-state index contributed by atoms with van der Waals surface area (Å²) in [4.78, 5) is 14.2. The van der Waals surface area contributed by atoms with Gasteiger partial charge >= 0.3 is 0 Å². The summed E-state index contributed by atoms with van der Waals surface area (Å²) in [5, 5.41) is 8.57. The number of benzene rings is 1. The average Bonchev–Trinajstić information content (AvgIpc) is 2.58. The number of methoxy groups -OCH3 is 1. The number of likely N-dealkylation sites (tertiary alicyclic amines) is 1. The van der Waals surface area contributed by atoms with Gasteiger partial charge < -0.3 is 14.4 Å². The second kappa shape index (κ2) is 8.23. The van der Waals surface area contributed by atoms with Gasteiger partial charge in [-0.1, -0.05) is 6.07 Å². The van der Waals surface area contributed by atoms with E-state index in [0.29, 0.717) is 17.5 Å². The number of ether oxygens (including phenoxy) is 2. The molecule has 1 heterocycles. The summed E-state index contributed by atoms with van der Waals surface area (Å²) in [6, 6.07) is 7.58. The van der Waals surface area contributed by atoms with Gasteiger partial charge in [-0.3, -0.25) is 4.79 Å². The van der Waals surface area contributed by atoms with E-state index in [1.165, 1.54) is 6.42 Å². The van der Waals surface area contributed by atoms with Crippen molar-refractivity contribution in [3.63, 3.8) is 0 Å². The third kappa shape index (κ3) is 4.49. The lowest BCUT2D eigenvalue weighted by Gasteiger charge is -2.32. The van der Waals surface area contributed by atoms with Crippen LogP contribution in [0.5, 0.6) is 11.5 Å². The molecule has 1 aromatic rings. The molecule has 1 aliphatic heterocycles. The maximum atomic E-state index is 12.3. The van der Waals surface area contributed by atoms with E-state index >= 15 is 0 Å². The van der Waals surface area contributed by atoms with Gasteiger partial charge in [0.25, 0.3) is 0 Å². The minimum Gasteiger partial charge on any atom is -0.493 e. The molecule has 0 saturated carbocycles. The third-order valence-electron chi connectivity index (χ3n) is 3.98. The predicted molar refractivity (Wildman–Crippen MR) is 88.2 cm³/mol. The van der Waals surface area contributed by atoms with E-state index in [1.807, 2.05) is 17.0 Å². The van der Waals surface area contributed by atoms with Crippen molar-refractivity contribution in [2.75, 3.05) is 20.3 Å². The largest absolute Gasteiger partial charge is 0.493 e. The minimum absolute atomic E-state index is 0.0309. The molecule has 1 unspecified atom stereocenters. The second-order valence-electron chi connectivity index (χ2n) is 5.57. The Bertz CT molecular complexity index is 619. The van der Waals surface area contributed by atoms with Crippen molar-refractivity contribution in [2.24, 2.45) is 0 Å². The fourth-order valence-corrected chi connectivity index (χ4v) is 2.71. The number of nitriles is 1. The van der Waals surface area contributed by atoms with Crippen molar-refractivity contribution < 1.29 is 14.3 Å². The summed E-state index contributed by atoms with van der Waals surface area (Å²) in [7, 11) is 1.54. The molecule has 1 saturated heterocycles. The van der Waals surface area contributed by atoms with Gasteiger partial charge in [0.15, 0.2) is 18.1 Å².